The van der Waals surface area contributed by atoms with Crippen LogP contribution in [0.25, 0.3) is 21.7 Å². The number of carbonyl (C=O) groups is 1. The molecular weight excluding hydrogens is 361 g/mol. The minimum atomic E-state index is -0.342. The topological polar surface area (TPSA) is 78.6 Å². The molecule has 28 heavy (non-hydrogen) atoms. The Labute approximate surface area is 160 Å². The van der Waals surface area contributed by atoms with Gasteiger partial charge < -0.3 is 19.7 Å². The number of amides is 1. The van der Waals surface area contributed by atoms with Gasteiger partial charge in [-0.05, 0) is 29.8 Å². The van der Waals surface area contributed by atoms with E-state index in [4.69, 9.17) is 0 Å². The van der Waals surface area contributed by atoms with Crippen LogP contribution in [0.1, 0.15) is 12.5 Å². The number of hydrogen-bond acceptors (Lipinski definition) is 4. The summed E-state index contributed by atoms with van der Waals surface area (Å²) < 4.78 is 14.7. The van der Waals surface area contributed by atoms with E-state index in [-0.39, 0.29) is 35.3 Å². The van der Waals surface area contributed by atoms with Crippen molar-refractivity contribution in [3.05, 3.63) is 60.2 Å². The van der Waals surface area contributed by atoms with Gasteiger partial charge in [0.25, 0.3) is 0 Å². The molecule has 1 amide bonds. The summed E-state index contributed by atoms with van der Waals surface area (Å²) in [6.45, 7) is 1.71. The molecule has 142 valence electrons. The zero-order chi connectivity index (χ0) is 20.0. The number of fused-ring (bicyclic) bond motifs is 2. The van der Waals surface area contributed by atoms with Gasteiger partial charge in [0.15, 0.2) is 5.75 Å². The SMILES string of the molecule is CC(=O)N(C)c1c2cccnc2c(O)c2c(O)n(Cc3ccc(F)cc3)cc12. The summed E-state index contributed by atoms with van der Waals surface area (Å²) in [7, 11) is 1.63. The number of carbonyl (C=O) groups excluding carboxylic acids is 1. The van der Waals surface area contributed by atoms with Crippen LogP contribution in [0.4, 0.5) is 10.1 Å². The van der Waals surface area contributed by atoms with E-state index >= 15 is 0 Å². The number of rotatable bonds is 3. The number of benzene rings is 2. The molecule has 2 heterocycles. The minimum absolute atomic E-state index is 0.150. The Kier molecular flexibility index (Phi) is 4.15. The van der Waals surface area contributed by atoms with Gasteiger partial charge >= 0.3 is 0 Å². The third kappa shape index (κ3) is 2.72. The number of aromatic nitrogens is 2. The lowest BCUT2D eigenvalue weighted by molar-refractivity contribution is -0.116. The summed E-state index contributed by atoms with van der Waals surface area (Å²) in [6.07, 6.45) is 3.22. The van der Waals surface area contributed by atoms with E-state index in [1.165, 1.54) is 30.2 Å². The molecule has 0 fully saturated rings. The zero-order valence-electron chi connectivity index (χ0n) is 15.3. The van der Waals surface area contributed by atoms with E-state index in [2.05, 4.69) is 4.98 Å². The first-order valence-corrected chi connectivity index (χ1v) is 8.68. The molecule has 0 unspecified atom stereocenters. The molecule has 0 radical (unpaired) electrons. The molecule has 0 aliphatic heterocycles. The van der Waals surface area contributed by atoms with E-state index < -0.39 is 0 Å². The summed E-state index contributed by atoms with van der Waals surface area (Å²) in [4.78, 5) is 17.8. The first-order valence-electron chi connectivity index (χ1n) is 8.68. The molecule has 2 aromatic carbocycles. The van der Waals surface area contributed by atoms with Crippen molar-refractivity contribution in [1.29, 1.82) is 0 Å². The fourth-order valence-electron chi connectivity index (χ4n) is 3.43. The Morgan fingerprint density at radius 2 is 1.89 bits per heavy atom. The average Bonchev–Trinajstić information content (AvgIpc) is 3.00. The number of aromatic hydroxyl groups is 2. The van der Waals surface area contributed by atoms with Crippen LogP contribution < -0.4 is 4.90 Å². The predicted octanol–water partition coefficient (Wildman–Crippen LogP) is 3.77. The number of phenolic OH excluding ortho intramolecular Hbond substituents is 1. The molecule has 6 nitrogen and oxygen atoms in total. The van der Waals surface area contributed by atoms with Crippen LogP contribution in [0.5, 0.6) is 11.6 Å². The van der Waals surface area contributed by atoms with Crippen LogP contribution >= 0.6 is 0 Å². The highest BCUT2D eigenvalue weighted by Gasteiger charge is 2.24. The largest absolute Gasteiger partial charge is 0.505 e. The Bertz CT molecular complexity index is 1220. The Hall–Kier alpha value is -3.61. The molecule has 0 aliphatic carbocycles. The summed E-state index contributed by atoms with van der Waals surface area (Å²) in [6, 6.07) is 9.44. The molecule has 4 rings (SSSR count). The zero-order valence-corrected chi connectivity index (χ0v) is 15.3. The molecule has 0 atom stereocenters. The van der Waals surface area contributed by atoms with E-state index in [0.717, 1.165) is 5.56 Å². The van der Waals surface area contributed by atoms with E-state index in [1.54, 1.807) is 42.1 Å². The highest BCUT2D eigenvalue weighted by atomic mass is 19.1. The number of anilines is 1. The van der Waals surface area contributed by atoms with Gasteiger partial charge in [0.05, 0.1) is 17.6 Å². The first kappa shape index (κ1) is 17.8. The summed E-state index contributed by atoms with van der Waals surface area (Å²) in [5.41, 5.74) is 1.63. The fourth-order valence-corrected chi connectivity index (χ4v) is 3.43. The average molecular weight is 379 g/mol. The summed E-state index contributed by atoms with van der Waals surface area (Å²) >= 11 is 0. The van der Waals surface area contributed by atoms with Crippen molar-refractivity contribution in [2.45, 2.75) is 13.5 Å². The maximum absolute atomic E-state index is 13.2. The summed E-state index contributed by atoms with van der Waals surface area (Å²) in [5.74, 6) is -0.835. The lowest BCUT2D eigenvalue weighted by Crippen LogP contribution is -2.23. The lowest BCUT2D eigenvalue weighted by Gasteiger charge is -2.19. The van der Waals surface area contributed by atoms with Crippen molar-refractivity contribution < 1.29 is 19.4 Å². The van der Waals surface area contributed by atoms with E-state index in [1.807, 2.05) is 0 Å². The monoisotopic (exact) mass is 379 g/mol. The van der Waals surface area contributed by atoms with Gasteiger partial charge in [-0.1, -0.05) is 12.1 Å². The molecule has 2 aromatic heterocycles. The third-order valence-electron chi connectivity index (χ3n) is 4.90. The molecule has 0 saturated carbocycles. The molecule has 4 aromatic rings. The van der Waals surface area contributed by atoms with Gasteiger partial charge in [0.2, 0.25) is 11.8 Å². The molecular formula is C21H18FN3O3. The second-order valence-electron chi connectivity index (χ2n) is 6.67. The molecule has 0 saturated heterocycles. The summed E-state index contributed by atoms with van der Waals surface area (Å²) in [5, 5.41) is 22.9. The van der Waals surface area contributed by atoms with Crippen molar-refractivity contribution in [1.82, 2.24) is 9.55 Å². The first-order chi connectivity index (χ1) is 13.4. The number of pyridine rings is 1. The Morgan fingerprint density at radius 3 is 2.57 bits per heavy atom. The van der Waals surface area contributed by atoms with Crippen LogP contribution in [-0.4, -0.2) is 32.7 Å². The van der Waals surface area contributed by atoms with Crippen LogP contribution in [0.2, 0.25) is 0 Å². The third-order valence-corrected chi connectivity index (χ3v) is 4.90. The minimum Gasteiger partial charge on any atom is -0.505 e. The lowest BCUT2D eigenvalue weighted by atomic mass is 10.1. The van der Waals surface area contributed by atoms with Gasteiger partial charge in [0, 0.05) is 37.1 Å². The standard InChI is InChI=1S/C21H18FN3O3/c1-12(26)24(2)19-15-4-3-9-23-18(15)20(27)17-16(19)11-25(21(17)28)10-13-5-7-14(22)8-6-13/h3-9,11,27-28H,10H2,1-2H3. The highest BCUT2D eigenvalue weighted by molar-refractivity contribution is 6.19. The molecule has 7 heteroatoms. The van der Waals surface area contributed by atoms with Gasteiger partial charge in [-0.25, -0.2) is 4.39 Å². The van der Waals surface area contributed by atoms with Gasteiger partial charge in [-0.2, -0.15) is 0 Å². The van der Waals surface area contributed by atoms with Crippen LogP contribution in [-0.2, 0) is 11.3 Å². The number of nitrogens with zero attached hydrogens (tertiary/aromatic N) is 3. The Morgan fingerprint density at radius 1 is 1.18 bits per heavy atom. The van der Waals surface area contributed by atoms with E-state index in [9.17, 15) is 19.4 Å². The van der Waals surface area contributed by atoms with Gasteiger partial charge in [-0.15, -0.1) is 0 Å². The second kappa shape index (κ2) is 6.53. The number of phenols is 1. The number of hydrogen-bond donors (Lipinski definition) is 2. The van der Waals surface area contributed by atoms with Crippen LogP contribution in [0.15, 0.2) is 48.8 Å². The van der Waals surface area contributed by atoms with Crippen molar-refractivity contribution in [3.63, 3.8) is 0 Å². The fraction of sp³-hybridized carbons (Fsp3) is 0.143. The highest BCUT2D eigenvalue weighted by Crippen LogP contribution is 2.46. The second-order valence-corrected chi connectivity index (χ2v) is 6.67. The molecule has 0 aliphatic rings. The van der Waals surface area contributed by atoms with Crippen molar-refractivity contribution in [2.75, 3.05) is 11.9 Å². The van der Waals surface area contributed by atoms with Crippen molar-refractivity contribution in [2.24, 2.45) is 0 Å². The quantitative estimate of drug-likeness (QED) is 0.568. The van der Waals surface area contributed by atoms with Crippen LogP contribution in [0.3, 0.4) is 0 Å². The molecule has 0 bridgehead atoms. The van der Waals surface area contributed by atoms with Crippen molar-refractivity contribution >= 4 is 33.3 Å². The maximum Gasteiger partial charge on any atom is 0.223 e. The predicted molar refractivity (Wildman–Crippen MR) is 105 cm³/mol. The van der Waals surface area contributed by atoms with Gasteiger partial charge in [0.1, 0.15) is 11.3 Å². The van der Waals surface area contributed by atoms with Crippen molar-refractivity contribution in [3.8, 4) is 11.6 Å². The molecule has 0 spiro atoms. The molecule has 2 N–H and O–H groups in total. The number of halogens is 1. The maximum atomic E-state index is 13.2. The Balaban J connectivity index is 2.01. The van der Waals surface area contributed by atoms with E-state index in [0.29, 0.717) is 22.0 Å². The van der Waals surface area contributed by atoms with Crippen LogP contribution in [0, 0.1) is 5.82 Å². The normalized spacial score (nSPS) is 11.2. The smallest absolute Gasteiger partial charge is 0.223 e. The van der Waals surface area contributed by atoms with Gasteiger partial charge in [-0.3, -0.25) is 9.78 Å².